The van der Waals surface area contributed by atoms with Gasteiger partial charge in [-0.15, -0.1) is 0 Å². The molecular weight excluding hydrogens is 446 g/mol. The van der Waals surface area contributed by atoms with Crippen molar-refractivity contribution in [2.24, 2.45) is 0 Å². The van der Waals surface area contributed by atoms with E-state index >= 15 is 0 Å². The third-order valence-electron chi connectivity index (χ3n) is 3.90. The van der Waals surface area contributed by atoms with Crippen LogP contribution in [0, 0.1) is 0 Å². The summed E-state index contributed by atoms with van der Waals surface area (Å²) in [5, 5.41) is 4.18. The van der Waals surface area contributed by atoms with E-state index in [-0.39, 0.29) is 5.69 Å². The number of carbonyl (C=O) groups excluding carboxylic acids is 3. The molecule has 0 aliphatic rings. The summed E-state index contributed by atoms with van der Waals surface area (Å²) in [5.74, 6) is -2.79. The molecule has 2 amide bonds. The number of carbonyl (C=O) groups is 3. The number of esters is 1. The molecule has 6 nitrogen and oxygen atoms in total. The van der Waals surface area contributed by atoms with Crippen molar-refractivity contribution in [1.82, 2.24) is 0 Å². The molecule has 0 fully saturated rings. The van der Waals surface area contributed by atoms with Crippen LogP contribution < -0.4 is 10.6 Å². The van der Waals surface area contributed by atoms with Crippen molar-refractivity contribution in [1.29, 1.82) is 0 Å². The van der Waals surface area contributed by atoms with Crippen LogP contribution in [0.3, 0.4) is 0 Å². The number of para-hydroxylation sites is 1. The average Bonchev–Trinajstić information content (AvgIpc) is 2.70. The summed E-state index contributed by atoms with van der Waals surface area (Å²) in [6.07, 6.45) is -10.2. The highest BCUT2D eigenvalue weighted by Gasteiger charge is 2.33. The number of nitrogens with one attached hydrogen (secondary N) is 2. The van der Waals surface area contributed by atoms with E-state index in [4.69, 9.17) is 0 Å². The first-order valence-corrected chi connectivity index (χ1v) is 8.95. The van der Waals surface area contributed by atoms with Crippen LogP contribution >= 0.6 is 0 Å². The number of amides is 2. The predicted molar refractivity (Wildman–Crippen MR) is 100 cm³/mol. The molecule has 0 spiro atoms. The summed E-state index contributed by atoms with van der Waals surface area (Å²) in [6, 6.07) is 8.09. The van der Waals surface area contributed by atoms with Crippen LogP contribution in [-0.4, -0.2) is 24.4 Å². The van der Waals surface area contributed by atoms with Gasteiger partial charge in [-0.1, -0.05) is 18.2 Å². The maximum absolute atomic E-state index is 12.9. The quantitative estimate of drug-likeness (QED) is 0.465. The van der Waals surface area contributed by atoms with Crippen molar-refractivity contribution >= 4 is 29.2 Å². The van der Waals surface area contributed by atoms with Gasteiger partial charge in [-0.05, 0) is 30.3 Å². The molecule has 2 rings (SSSR count). The summed E-state index contributed by atoms with van der Waals surface area (Å²) in [7, 11) is 0. The van der Waals surface area contributed by atoms with Gasteiger partial charge in [-0.3, -0.25) is 14.4 Å². The Hall–Kier alpha value is -3.57. The molecule has 172 valence electrons. The van der Waals surface area contributed by atoms with E-state index in [1.165, 1.54) is 12.1 Å². The van der Waals surface area contributed by atoms with Gasteiger partial charge in [0.25, 0.3) is 5.91 Å². The minimum atomic E-state index is -4.70. The van der Waals surface area contributed by atoms with Crippen LogP contribution in [0.15, 0.2) is 48.5 Å². The first kappa shape index (κ1) is 24.7. The number of rotatable bonds is 7. The lowest BCUT2D eigenvalue weighted by molar-refractivity contribution is -0.148. The molecule has 0 bridgehead atoms. The second kappa shape index (κ2) is 10.2. The average molecular weight is 462 g/mol. The Balaban J connectivity index is 1.79. The molecule has 0 radical (unpaired) electrons. The van der Waals surface area contributed by atoms with E-state index in [2.05, 4.69) is 10.1 Å². The minimum absolute atomic E-state index is 0.124. The maximum atomic E-state index is 12.9. The second-order valence-corrected chi connectivity index (χ2v) is 6.38. The van der Waals surface area contributed by atoms with Crippen LogP contribution in [-0.2, 0) is 31.5 Å². The molecule has 0 saturated heterocycles. The highest BCUT2D eigenvalue weighted by molar-refractivity contribution is 5.95. The van der Waals surface area contributed by atoms with Crippen molar-refractivity contribution in [2.45, 2.75) is 25.2 Å². The largest absolute Gasteiger partial charge is 0.456 e. The van der Waals surface area contributed by atoms with Gasteiger partial charge in [0.15, 0.2) is 6.61 Å². The Morgan fingerprint density at radius 1 is 0.781 bits per heavy atom. The van der Waals surface area contributed by atoms with Crippen LogP contribution in [0.5, 0.6) is 0 Å². The molecule has 2 aromatic rings. The zero-order valence-electron chi connectivity index (χ0n) is 16.1. The molecule has 2 N–H and O–H groups in total. The van der Waals surface area contributed by atoms with Crippen LogP contribution in [0.4, 0.5) is 37.7 Å². The van der Waals surface area contributed by atoms with Gasteiger partial charge in [-0.2, -0.15) is 26.3 Å². The Bertz CT molecular complexity index is 989. The van der Waals surface area contributed by atoms with Crippen molar-refractivity contribution in [3.8, 4) is 0 Å². The highest BCUT2D eigenvalue weighted by atomic mass is 19.4. The SMILES string of the molecule is O=C(CCC(=O)OCC(=O)Nc1ccccc1C(F)(F)F)Nc1cccc(C(F)(F)F)c1. The molecule has 0 saturated carbocycles. The van der Waals surface area contributed by atoms with E-state index in [0.717, 1.165) is 36.4 Å². The number of benzene rings is 2. The van der Waals surface area contributed by atoms with Gasteiger partial charge < -0.3 is 15.4 Å². The van der Waals surface area contributed by atoms with E-state index in [9.17, 15) is 40.7 Å². The number of ether oxygens (including phenoxy) is 1. The smallest absolute Gasteiger partial charge is 0.418 e. The lowest BCUT2D eigenvalue weighted by atomic mass is 10.1. The summed E-state index contributed by atoms with van der Waals surface area (Å²) in [4.78, 5) is 35.2. The van der Waals surface area contributed by atoms with Gasteiger partial charge >= 0.3 is 18.3 Å². The lowest BCUT2D eigenvalue weighted by Gasteiger charge is -2.13. The van der Waals surface area contributed by atoms with Gasteiger partial charge in [0.2, 0.25) is 5.91 Å². The van der Waals surface area contributed by atoms with Crippen molar-refractivity contribution < 1.29 is 45.5 Å². The Kier molecular flexibility index (Phi) is 7.84. The number of hydrogen-bond acceptors (Lipinski definition) is 4. The molecule has 32 heavy (non-hydrogen) atoms. The highest BCUT2D eigenvalue weighted by Crippen LogP contribution is 2.34. The molecule has 0 aliphatic heterocycles. The molecule has 0 unspecified atom stereocenters. The molecule has 2 aromatic carbocycles. The zero-order valence-corrected chi connectivity index (χ0v) is 16.1. The number of halogens is 6. The van der Waals surface area contributed by atoms with E-state index < -0.39 is 66.4 Å². The lowest BCUT2D eigenvalue weighted by Crippen LogP contribution is -2.23. The maximum Gasteiger partial charge on any atom is 0.418 e. The fourth-order valence-corrected chi connectivity index (χ4v) is 2.46. The fraction of sp³-hybridized carbons (Fsp3) is 0.250. The van der Waals surface area contributed by atoms with Crippen molar-refractivity contribution in [3.05, 3.63) is 59.7 Å². The van der Waals surface area contributed by atoms with Gasteiger partial charge in [-0.25, -0.2) is 0 Å². The molecule has 0 atom stereocenters. The van der Waals surface area contributed by atoms with Gasteiger partial charge in [0, 0.05) is 12.1 Å². The summed E-state index contributed by atoms with van der Waals surface area (Å²) >= 11 is 0. The topological polar surface area (TPSA) is 84.5 Å². The van der Waals surface area contributed by atoms with Crippen LogP contribution in [0.25, 0.3) is 0 Å². The third kappa shape index (κ3) is 7.60. The van der Waals surface area contributed by atoms with Crippen LogP contribution in [0.2, 0.25) is 0 Å². The summed E-state index contributed by atoms with van der Waals surface area (Å²) in [5.41, 5.74) is -2.68. The third-order valence-corrected chi connectivity index (χ3v) is 3.90. The first-order chi connectivity index (χ1) is 14.9. The normalized spacial score (nSPS) is 11.6. The molecule has 0 aliphatic carbocycles. The predicted octanol–water partition coefficient (Wildman–Crippen LogP) is 4.62. The minimum Gasteiger partial charge on any atom is -0.456 e. The van der Waals surface area contributed by atoms with Crippen molar-refractivity contribution in [2.75, 3.05) is 17.2 Å². The Morgan fingerprint density at radius 3 is 2.12 bits per heavy atom. The van der Waals surface area contributed by atoms with Crippen LogP contribution in [0.1, 0.15) is 24.0 Å². The zero-order chi connectivity index (χ0) is 23.9. The van der Waals surface area contributed by atoms with E-state index in [0.29, 0.717) is 0 Å². The Morgan fingerprint density at radius 2 is 1.47 bits per heavy atom. The summed E-state index contributed by atoms with van der Waals surface area (Å²) < 4.78 is 81.3. The van der Waals surface area contributed by atoms with E-state index in [1.54, 1.807) is 0 Å². The fourth-order valence-electron chi connectivity index (χ4n) is 2.46. The standard InChI is InChI=1S/C20H16F6N2O4/c21-19(22,23)12-4-3-5-13(10-12)27-16(29)8-9-18(31)32-11-17(30)28-15-7-2-1-6-14(15)20(24,25)26/h1-7,10H,8-9,11H2,(H,27,29)(H,28,30). The summed E-state index contributed by atoms with van der Waals surface area (Å²) in [6.45, 7) is -0.889. The Labute approximate surface area is 177 Å². The molecule has 12 heteroatoms. The number of anilines is 2. The first-order valence-electron chi connectivity index (χ1n) is 8.95. The number of hydrogen-bond donors (Lipinski definition) is 2. The molecule has 0 aromatic heterocycles. The second-order valence-electron chi connectivity index (χ2n) is 6.38. The number of alkyl halides is 6. The molecular formula is C20H16F6N2O4. The van der Waals surface area contributed by atoms with Crippen molar-refractivity contribution in [3.63, 3.8) is 0 Å². The van der Waals surface area contributed by atoms with E-state index in [1.807, 2.05) is 5.32 Å². The molecule has 0 heterocycles. The monoisotopic (exact) mass is 462 g/mol. The van der Waals surface area contributed by atoms with Gasteiger partial charge in [0.1, 0.15) is 0 Å². The van der Waals surface area contributed by atoms with Gasteiger partial charge in [0.05, 0.1) is 23.2 Å².